The highest BCUT2D eigenvalue weighted by molar-refractivity contribution is 5.61. The number of aromatic nitrogens is 3. The maximum absolute atomic E-state index is 13.1. The highest BCUT2D eigenvalue weighted by Crippen LogP contribution is 2.37. The Morgan fingerprint density at radius 2 is 2.00 bits per heavy atom. The first kappa shape index (κ1) is 22.6. The third-order valence-electron chi connectivity index (χ3n) is 5.04. The fraction of sp³-hybridized carbons (Fsp3) is 0.391. The van der Waals surface area contributed by atoms with E-state index in [1.54, 1.807) is 44.5 Å². The van der Waals surface area contributed by atoms with Gasteiger partial charge in [-0.2, -0.15) is 4.98 Å². The molecule has 4 rings (SSSR count). The molecule has 0 unspecified atom stereocenters. The molecule has 164 valence electrons. The number of hydrogen-bond donors (Lipinski definition) is 0. The Morgan fingerprint density at radius 3 is 2.71 bits per heavy atom. The van der Waals surface area contributed by atoms with Gasteiger partial charge < -0.3 is 13.8 Å². The molecule has 3 aromatic rings. The molecule has 0 amide bonds. The summed E-state index contributed by atoms with van der Waals surface area (Å²) in [6.07, 6.45) is 3.89. The van der Waals surface area contributed by atoms with Crippen LogP contribution in [0.15, 0.2) is 50.8 Å². The largest absolute Gasteiger partial charge is 0.373 e. The zero-order valence-corrected chi connectivity index (χ0v) is 18.2. The second-order valence-electron chi connectivity index (χ2n) is 7.00. The van der Waals surface area contributed by atoms with Crippen LogP contribution in [0.3, 0.4) is 0 Å². The van der Waals surface area contributed by atoms with Crippen LogP contribution < -0.4 is 5.56 Å². The van der Waals surface area contributed by atoms with Gasteiger partial charge in [0.2, 0.25) is 5.89 Å². The summed E-state index contributed by atoms with van der Waals surface area (Å²) in [6, 6.07) is 8.09. The molecule has 31 heavy (non-hydrogen) atoms. The molecule has 3 heterocycles. The molecule has 1 aliphatic rings. The number of benzene rings is 1. The smallest absolute Gasteiger partial charge is 0.256 e. The molecule has 2 aromatic heterocycles. The summed E-state index contributed by atoms with van der Waals surface area (Å²) in [4.78, 5) is 21.1. The number of halogens is 1. The standard InChI is InChI=1S/C21H21FN4O3.C2H6/c1-3-23-17-8-9-26(21(27)13(17)2)11-19-24-20(25-29-19)15-10-18(28-12-15)14-4-6-16(22)7-5-14;1-2/h3-9,15,18H,10-12H2,1-2H3;1-2H3/t15-,18+;/m0./s1. The zero-order chi connectivity index (χ0) is 22.4. The first-order valence-corrected chi connectivity index (χ1v) is 10.4. The van der Waals surface area contributed by atoms with Crippen LogP contribution in [0.25, 0.3) is 0 Å². The van der Waals surface area contributed by atoms with Crippen molar-refractivity contribution in [3.63, 3.8) is 0 Å². The lowest BCUT2D eigenvalue weighted by atomic mass is 10.00. The highest BCUT2D eigenvalue weighted by atomic mass is 19.1. The molecule has 0 radical (unpaired) electrons. The fourth-order valence-electron chi connectivity index (χ4n) is 3.44. The lowest BCUT2D eigenvalue weighted by molar-refractivity contribution is 0.110. The molecule has 1 saturated heterocycles. The van der Waals surface area contributed by atoms with Crippen LogP contribution in [0.1, 0.15) is 62.1 Å². The fourth-order valence-corrected chi connectivity index (χ4v) is 3.44. The van der Waals surface area contributed by atoms with Crippen molar-refractivity contribution in [1.82, 2.24) is 14.7 Å². The Morgan fingerprint density at radius 1 is 1.26 bits per heavy atom. The van der Waals surface area contributed by atoms with Crippen LogP contribution in [0.2, 0.25) is 0 Å². The van der Waals surface area contributed by atoms with Gasteiger partial charge in [-0.3, -0.25) is 9.79 Å². The van der Waals surface area contributed by atoms with Gasteiger partial charge in [0.15, 0.2) is 5.82 Å². The first-order chi connectivity index (χ1) is 15.0. The minimum atomic E-state index is -0.272. The normalized spacial score (nSPS) is 18.2. The Labute approximate surface area is 180 Å². The van der Waals surface area contributed by atoms with Crippen LogP contribution in [0, 0.1) is 12.7 Å². The minimum absolute atomic E-state index is 0.0118. The number of pyridine rings is 1. The molecule has 8 heteroatoms. The SMILES string of the molecule is CC.CC=Nc1ccn(Cc2nc([C@@H]3CO[C@@H](c4ccc(F)cc4)C3)no2)c(=O)c1C. The maximum atomic E-state index is 13.1. The van der Waals surface area contributed by atoms with Gasteiger partial charge in [-0.15, -0.1) is 0 Å². The van der Waals surface area contributed by atoms with E-state index in [2.05, 4.69) is 15.1 Å². The lowest BCUT2D eigenvalue weighted by Crippen LogP contribution is -2.22. The third-order valence-corrected chi connectivity index (χ3v) is 5.04. The molecule has 0 N–H and O–H groups in total. The molecule has 0 aliphatic carbocycles. The quantitative estimate of drug-likeness (QED) is 0.551. The van der Waals surface area contributed by atoms with E-state index in [4.69, 9.17) is 9.26 Å². The monoisotopic (exact) mass is 426 g/mol. The van der Waals surface area contributed by atoms with Crippen molar-refractivity contribution in [2.45, 2.75) is 52.7 Å². The predicted octanol–water partition coefficient (Wildman–Crippen LogP) is 4.72. The van der Waals surface area contributed by atoms with Gasteiger partial charge in [0.1, 0.15) is 12.4 Å². The maximum Gasteiger partial charge on any atom is 0.256 e. The Bertz CT molecular complexity index is 1090. The van der Waals surface area contributed by atoms with E-state index >= 15 is 0 Å². The van der Waals surface area contributed by atoms with Crippen molar-refractivity contribution >= 4 is 11.9 Å². The van der Waals surface area contributed by atoms with Gasteiger partial charge in [-0.1, -0.05) is 31.1 Å². The molecule has 1 aromatic carbocycles. The number of aliphatic imine (C=N–C) groups is 1. The number of nitrogens with zero attached hydrogens (tertiary/aromatic N) is 4. The van der Waals surface area contributed by atoms with Crippen molar-refractivity contribution in [3.05, 3.63) is 75.5 Å². The second kappa shape index (κ2) is 10.3. The van der Waals surface area contributed by atoms with E-state index in [-0.39, 0.29) is 29.9 Å². The van der Waals surface area contributed by atoms with Gasteiger partial charge in [0.05, 0.1) is 18.4 Å². The Hall–Kier alpha value is -3.13. The molecule has 0 saturated carbocycles. The minimum Gasteiger partial charge on any atom is -0.373 e. The van der Waals surface area contributed by atoms with E-state index in [0.29, 0.717) is 36.0 Å². The van der Waals surface area contributed by atoms with Crippen LogP contribution in [-0.2, 0) is 11.3 Å². The zero-order valence-electron chi connectivity index (χ0n) is 18.2. The second-order valence-corrected chi connectivity index (χ2v) is 7.00. The average molecular weight is 426 g/mol. The number of rotatable bonds is 5. The van der Waals surface area contributed by atoms with E-state index < -0.39 is 0 Å². The van der Waals surface area contributed by atoms with E-state index in [1.807, 2.05) is 13.8 Å². The summed E-state index contributed by atoms with van der Waals surface area (Å²) in [5.41, 5.74) is 1.99. The molecular formula is C23H27FN4O3. The van der Waals surface area contributed by atoms with Crippen LogP contribution >= 0.6 is 0 Å². The third kappa shape index (κ3) is 5.14. The van der Waals surface area contributed by atoms with Gasteiger partial charge in [-0.05, 0) is 44.0 Å². The summed E-state index contributed by atoms with van der Waals surface area (Å²) in [6.45, 7) is 8.20. The summed E-state index contributed by atoms with van der Waals surface area (Å²) < 4.78 is 25.8. The van der Waals surface area contributed by atoms with Crippen LogP contribution in [0.5, 0.6) is 0 Å². The van der Waals surface area contributed by atoms with Gasteiger partial charge >= 0.3 is 0 Å². The van der Waals surface area contributed by atoms with E-state index in [9.17, 15) is 9.18 Å². The van der Waals surface area contributed by atoms with Crippen molar-refractivity contribution < 1.29 is 13.7 Å². The topological polar surface area (TPSA) is 82.5 Å². The van der Waals surface area contributed by atoms with Crippen molar-refractivity contribution in [2.75, 3.05) is 6.61 Å². The Balaban J connectivity index is 0.00000132. The number of ether oxygens (including phenoxy) is 1. The van der Waals surface area contributed by atoms with Crippen LogP contribution in [-0.4, -0.2) is 27.5 Å². The molecule has 0 spiro atoms. The summed E-state index contributed by atoms with van der Waals surface area (Å²) in [5.74, 6) is 0.633. The molecular weight excluding hydrogens is 399 g/mol. The van der Waals surface area contributed by atoms with Crippen molar-refractivity contribution in [3.8, 4) is 0 Å². The Kier molecular flexibility index (Phi) is 7.46. The van der Waals surface area contributed by atoms with E-state index in [1.165, 1.54) is 16.7 Å². The van der Waals surface area contributed by atoms with Crippen LogP contribution in [0.4, 0.5) is 10.1 Å². The molecule has 7 nitrogen and oxygen atoms in total. The summed E-state index contributed by atoms with van der Waals surface area (Å²) in [7, 11) is 0. The molecule has 1 fully saturated rings. The van der Waals surface area contributed by atoms with E-state index in [0.717, 1.165) is 5.56 Å². The molecule has 0 bridgehead atoms. The molecule has 2 atom stereocenters. The van der Waals surface area contributed by atoms with Crippen molar-refractivity contribution in [2.24, 2.45) is 4.99 Å². The highest BCUT2D eigenvalue weighted by Gasteiger charge is 2.31. The molecule has 1 aliphatic heterocycles. The van der Waals surface area contributed by atoms with Gasteiger partial charge in [-0.25, -0.2) is 4.39 Å². The first-order valence-electron chi connectivity index (χ1n) is 10.4. The average Bonchev–Trinajstić information content (AvgIpc) is 3.45. The van der Waals surface area contributed by atoms with Gasteiger partial charge in [0, 0.05) is 23.9 Å². The number of hydrogen-bond acceptors (Lipinski definition) is 6. The lowest BCUT2D eigenvalue weighted by Gasteiger charge is -2.08. The predicted molar refractivity (Wildman–Crippen MR) is 116 cm³/mol. The summed E-state index contributed by atoms with van der Waals surface area (Å²) >= 11 is 0. The van der Waals surface area contributed by atoms with Crippen molar-refractivity contribution in [1.29, 1.82) is 0 Å². The van der Waals surface area contributed by atoms with Gasteiger partial charge in [0.25, 0.3) is 5.56 Å². The summed E-state index contributed by atoms with van der Waals surface area (Å²) in [5, 5.41) is 4.07.